The molecule has 2 heterocycles. The third-order valence-corrected chi connectivity index (χ3v) is 4.18. The van der Waals surface area contributed by atoms with Crippen LogP contribution in [0.5, 0.6) is 5.75 Å². The number of aromatic nitrogens is 2. The summed E-state index contributed by atoms with van der Waals surface area (Å²) in [6.07, 6.45) is 1.62. The molecular formula is C18H17N3O4. The molecule has 0 spiro atoms. The van der Waals surface area contributed by atoms with Crippen LogP contribution in [0.15, 0.2) is 40.8 Å². The molecule has 1 aliphatic heterocycles. The number of hydrogen-bond donors (Lipinski definition) is 1. The van der Waals surface area contributed by atoms with Gasteiger partial charge in [0, 0.05) is 6.61 Å². The highest BCUT2D eigenvalue weighted by atomic mass is 16.5. The molecule has 1 amide bonds. The first-order chi connectivity index (χ1) is 12.2. The molecule has 1 saturated heterocycles. The van der Waals surface area contributed by atoms with Crippen molar-refractivity contribution in [3.05, 3.63) is 47.9 Å². The van der Waals surface area contributed by atoms with E-state index < -0.39 is 0 Å². The third-order valence-electron chi connectivity index (χ3n) is 4.18. The average molecular weight is 339 g/mol. The van der Waals surface area contributed by atoms with E-state index in [2.05, 4.69) is 15.5 Å². The zero-order valence-corrected chi connectivity index (χ0v) is 13.7. The number of rotatable bonds is 4. The van der Waals surface area contributed by atoms with Crippen LogP contribution in [-0.4, -0.2) is 29.8 Å². The summed E-state index contributed by atoms with van der Waals surface area (Å²) in [5.41, 5.74) is 0.401. The number of nitrogens with one attached hydrogen (secondary N) is 1. The molecule has 1 fully saturated rings. The number of ether oxygens (including phenoxy) is 2. The summed E-state index contributed by atoms with van der Waals surface area (Å²) >= 11 is 0. The minimum absolute atomic E-state index is 0.0470. The number of anilines is 1. The zero-order chi connectivity index (χ0) is 17.2. The Bertz CT molecular complexity index is 916. The van der Waals surface area contributed by atoms with Gasteiger partial charge < -0.3 is 13.9 Å². The van der Waals surface area contributed by atoms with Crippen LogP contribution in [0.4, 0.5) is 6.01 Å². The van der Waals surface area contributed by atoms with Gasteiger partial charge in [-0.25, -0.2) is 0 Å². The van der Waals surface area contributed by atoms with Gasteiger partial charge in [-0.15, -0.1) is 5.10 Å². The predicted octanol–water partition coefficient (Wildman–Crippen LogP) is 3.34. The number of carbonyl (C=O) groups excluding carboxylic acids is 1. The SMILES string of the molecule is COc1cc2ccccc2cc1C(=O)Nc1nnc([C@@H]2CCCO2)o1. The molecule has 25 heavy (non-hydrogen) atoms. The Morgan fingerprint density at radius 1 is 1.24 bits per heavy atom. The fourth-order valence-electron chi connectivity index (χ4n) is 2.92. The number of hydrogen-bond acceptors (Lipinski definition) is 6. The normalized spacial score (nSPS) is 16.9. The molecule has 7 heteroatoms. The van der Waals surface area contributed by atoms with Crippen molar-refractivity contribution in [1.82, 2.24) is 10.2 Å². The lowest BCUT2D eigenvalue weighted by Crippen LogP contribution is -2.13. The third kappa shape index (κ3) is 3.06. The molecule has 0 aliphatic carbocycles. The number of carbonyl (C=O) groups is 1. The smallest absolute Gasteiger partial charge is 0.322 e. The van der Waals surface area contributed by atoms with E-state index in [9.17, 15) is 4.79 Å². The molecule has 3 aromatic rings. The molecule has 0 radical (unpaired) electrons. The van der Waals surface area contributed by atoms with Gasteiger partial charge in [-0.3, -0.25) is 10.1 Å². The van der Waals surface area contributed by atoms with Crippen molar-refractivity contribution >= 4 is 22.7 Å². The standard InChI is InChI=1S/C18H17N3O4/c1-23-15-10-12-6-3-2-5-11(12)9-13(15)16(22)19-18-21-20-17(25-18)14-7-4-8-24-14/h2-3,5-6,9-10,14H,4,7-8H2,1H3,(H,19,21,22)/t14-/m0/s1. The van der Waals surface area contributed by atoms with E-state index in [0.29, 0.717) is 23.8 Å². The summed E-state index contributed by atoms with van der Waals surface area (Å²) in [5, 5.41) is 12.4. The van der Waals surface area contributed by atoms with Gasteiger partial charge in [0.05, 0.1) is 12.7 Å². The van der Waals surface area contributed by atoms with Crippen molar-refractivity contribution in [2.75, 3.05) is 19.0 Å². The van der Waals surface area contributed by atoms with E-state index in [1.54, 1.807) is 6.07 Å². The molecule has 128 valence electrons. The minimum atomic E-state index is -0.370. The monoisotopic (exact) mass is 339 g/mol. The van der Waals surface area contributed by atoms with Crippen molar-refractivity contribution in [3.8, 4) is 5.75 Å². The largest absolute Gasteiger partial charge is 0.496 e. The average Bonchev–Trinajstić information content (AvgIpc) is 3.32. The Hall–Kier alpha value is -2.93. The van der Waals surface area contributed by atoms with Gasteiger partial charge in [0.1, 0.15) is 11.9 Å². The molecule has 1 atom stereocenters. The first-order valence-electron chi connectivity index (χ1n) is 8.08. The highest BCUT2D eigenvalue weighted by molar-refractivity contribution is 6.07. The summed E-state index contributed by atoms with van der Waals surface area (Å²) < 4.78 is 16.3. The molecule has 0 unspecified atom stereocenters. The fraction of sp³-hybridized carbons (Fsp3) is 0.278. The van der Waals surface area contributed by atoms with Crippen LogP contribution in [-0.2, 0) is 4.74 Å². The highest BCUT2D eigenvalue weighted by Crippen LogP contribution is 2.29. The van der Waals surface area contributed by atoms with Crippen LogP contribution in [0, 0.1) is 0 Å². The Labute approximate surface area is 143 Å². The first-order valence-corrected chi connectivity index (χ1v) is 8.08. The summed E-state index contributed by atoms with van der Waals surface area (Å²) in [6, 6.07) is 11.4. The highest BCUT2D eigenvalue weighted by Gasteiger charge is 2.24. The van der Waals surface area contributed by atoms with Crippen LogP contribution in [0.2, 0.25) is 0 Å². The van der Waals surface area contributed by atoms with Crippen molar-refractivity contribution in [3.63, 3.8) is 0 Å². The predicted molar refractivity (Wildman–Crippen MR) is 90.7 cm³/mol. The molecule has 0 saturated carbocycles. The Balaban J connectivity index is 1.59. The zero-order valence-electron chi connectivity index (χ0n) is 13.7. The van der Waals surface area contributed by atoms with Crippen LogP contribution in [0.25, 0.3) is 10.8 Å². The minimum Gasteiger partial charge on any atom is -0.496 e. The van der Waals surface area contributed by atoms with Gasteiger partial charge in [-0.1, -0.05) is 29.4 Å². The maximum atomic E-state index is 12.6. The number of fused-ring (bicyclic) bond motifs is 1. The number of amides is 1. The van der Waals surface area contributed by atoms with Crippen LogP contribution in [0.3, 0.4) is 0 Å². The molecule has 0 bridgehead atoms. The van der Waals surface area contributed by atoms with E-state index in [-0.39, 0.29) is 18.0 Å². The lowest BCUT2D eigenvalue weighted by molar-refractivity contribution is 0.0893. The molecule has 7 nitrogen and oxygen atoms in total. The number of nitrogens with zero attached hydrogens (tertiary/aromatic N) is 2. The molecular weight excluding hydrogens is 322 g/mol. The van der Waals surface area contributed by atoms with Gasteiger partial charge >= 0.3 is 6.01 Å². The van der Waals surface area contributed by atoms with E-state index in [1.807, 2.05) is 30.3 Å². The van der Waals surface area contributed by atoms with Crippen LogP contribution in [0.1, 0.15) is 35.2 Å². The Morgan fingerprint density at radius 2 is 2.04 bits per heavy atom. The van der Waals surface area contributed by atoms with Crippen molar-refractivity contribution in [2.24, 2.45) is 0 Å². The van der Waals surface area contributed by atoms with Gasteiger partial charge in [0.15, 0.2) is 0 Å². The lowest BCUT2D eigenvalue weighted by atomic mass is 10.1. The van der Waals surface area contributed by atoms with Crippen LogP contribution >= 0.6 is 0 Å². The van der Waals surface area contributed by atoms with Gasteiger partial charge in [0.2, 0.25) is 5.89 Å². The van der Waals surface area contributed by atoms with Crippen molar-refractivity contribution < 1.29 is 18.7 Å². The van der Waals surface area contributed by atoms with Crippen molar-refractivity contribution in [2.45, 2.75) is 18.9 Å². The van der Waals surface area contributed by atoms with Gasteiger partial charge in [-0.2, -0.15) is 0 Å². The molecule has 1 aromatic heterocycles. The summed E-state index contributed by atoms with van der Waals surface area (Å²) in [7, 11) is 1.53. The van der Waals surface area contributed by atoms with Crippen molar-refractivity contribution in [1.29, 1.82) is 0 Å². The summed E-state index contributed by atoms with van der Waals surface area (Å²) in [4.78, 5) is 12.6. The quantitative estimate of drug-likeness (QED) is 0.784. The molecule has 1 N–H and O–H groups in total. The van der Waals surface area contributed by atoms with Gasteiger partial charge in [0.25, 0.3) is 5.91 Å². The molecule has 4 rings (SSSR count). The van der Waals surface area contributed by atoms with E-state index in [1.165, 1.54) is 7.11 Å². The summed E-state index contributed by atoms with van der Waals surface area (Å²) in [6.45, 7) is 0.684. The van der Waals surface area contributed by atoms with E-state index in [4.69, 9.17) is 13.9 Å². The van der Waals surface area contributed by atoms with E-state index in [0.717, 1.165) is 23.6 Å². The lowest BCUT2D eigenvalue weighted by Gasteiger charge is -2.09. The van der Waals surface area contributed by atoms with Gasteiger partial charge in [-0.05, 0) is 35.7 Å². The second-order valence-corrected chi connectivity index (χ2v) is 5.80. The topological polar surface area (TPSA) is 86.5 Å². The Kier molecular flexibility index (Phi) is 4.07. The maximum absolute atomic E-state index is 12.6. The second-order valence-electron chi connectivity index (χ2n) is 5.80. The van der Waals surface area contributed by atoms with E-state index >= 15 is 0 Å². The molecule has 1 aliphatic rings. The number of methoxy groups -OCH3 is 1. The first kappa shape index (κ1) is 15.6. The van der Waals surface area contributed by atoms with Crippen LogP contribution < -0.4 is 10.1 Å². The second kappa shape index (κ2) is 6.52. The maximum Gasteiger partial charge on any atom is 0.322 e. The fourth-order valence-corrected chi connectivity index (χ4v) is 2.92. The number of benzene rings is 2. The molecule has 2 aromatic carbocycles. The Morgan fingerprint density at radius 3 is 2.76 bits per heavy atom. The summed E-state index contributed by atoms with van der Waals surface area (Å²) in [5.74, 6) is 0.499.